The first kappa shape index (κ1) is 25.1. The first-order chi connectivity index (χ1) is 17.2. The van der Waals surface area contributed by atoms with E-state index < -0.39 is 12.1 Å². The summed E-state index contributed by atoms with van der Waals surface area (Å²) in [5.74, 6) is 0.222. The number of pyridine rings is 1. The van der Waals surface area contributed by atoms with Crippen LogP contribution in [0.25, 0.3) is 5.65 Å². The van der Waals surface area contributed by atoms with Crippen LogP contribution < -0.4 is 5.32 Å². The summed E-state index contributed by atoms with van der Waals surface area (Å²) in [6.45, 7) is 2.36. The minimum absolute atomic E-state index is 0.0179. The van der Waals surface area contributed by atoms with E-state index in [2.05, 4.69) is 17.2 Å². The number of carbonyl (C=O) groups excluding carboxylic acids is 2. The van der Waals surface area contributed by atoms with Crippen LogP contribution in [-0.4, -0.2) is 45.4 Å². The lowest BCUT2D eigenvalue weighted by Gasteiger charge is -2.48. The Bertz CT molecular complexity index is 1120. The van der Waals surface area contributed by atoms with Gasteiger partial charge in [0.15, 0.2) is 0 Å². The lowest BCUT2D eigenvalue weighted by Crippen LogP contribution is -2.42. The summed E-state index contributed by atoms with van der Waals surface area (Å²) in [6.07, 6.45) is 5.95. The molecule has 9 heteroatoms. The molecule has 2 amide bonds. The Balaban J connectivity index is 1.27. The monoisotopic (exact) mass is 504 g/mol. The third-order valence-corrected chi connectivity index (χ3v) is 8.77. The van der Waals surface area contributed by atoms with Crippen LogP contribution in [-0.2, 0) is 4.79 Å². The maximum absolute atomic E-state index is 13.2. The summed E-state index contributed by atoms with van der Waals surface area (Å²) in [6, 6.07) is 5.32. The third-order valence-electron chi connectivity index (χ3n) is 8.77. The van der Waals surface area contributed by atoms with Crippen LogP contribution in [0.5, 0.6) is 0 Å². The molecule has 2 bridgehead atoms. The van der Waals surface area contributed by atoms with Crippen molar-refractivity contribution in [2.24, 2.45) is 23.2 Å². The Hall–Kier alpha value is -2.58. The second-order valence-corrected chi connectivity index (χ2v) is 11.3. The van der Waals surface area contributed by atoms with Crippen LogP contribution in [0.3, 0.4) is 0 Å². The molecule has 196 valence electrons. The lowest BCUT2D eigenvalue weighted by atomic mass is 9.57. The lowest BCUT2D eigenvalue weighted by molar-refractivity contribution is -0.183. The molecule has 5 rings (SSSR count). The van der Waals surface area contributed by atoms with E-state index in [9.17, 15) is 22.8 Å². The number of alkyl halides is 3. The number of anilines is 1. The van der Waals surface area contributed by atoms with Gasteiger partial charge in [0.25, 0.3) is 5.91 Å². The first-order valence-corrected chi connectivity index (χ1v) is 13.3. The van der Waals surface area contributed by atoms with E-state index in [1.807, 2.05) is 0 Å². The number of fused-ring (bicyclic) bond motifs is 3. The number of halogens is 3. The van der Waals surface area contributed by atoms with Gasteiger partial charge in [-0.1, -0.05) is 32.3 Å². The molecular weight excluding hydrogens is 469 g/mol. The third kappa shape index (κ3) is 5.11. The van der Waals surface area contributed by atoms with Gasteiger partial charge in [0.1, 0.15) is 17.2 Å². The van der Waals surface area contributed by atoms with Gasteiger partial charge < -0.3 is 10.2 Å². The number of rotatable bonds is 5. The molecule has 36 heavy (non-hydrogen) atoms. The molecular formula is C27H35F3N4O2. The number of carbonyl (C=O) groups is 2. The molecule has 3 atom stereocenters. The topological polar surface area (TPSA) is 66.7 Å². The molecule has 3 heterocycles. The molecule has 3 unspecified atom stereocenters. The first-order valence-electron chi connectivity index (χ1n) is 13.3. The molecule has 1 aliphatic heterocycles. The number of aromatic nitrogens is 2. The zero-order valence-corrected chi connectivity index (χ0v) is 20.8. The zero-order valence-electron chi connectivity index (χ0n) is 20.8. The van der Waals surface area contributed by atoms with Gasteiger partial charge in [-0.2, -0.15) is 13.2 Å². The number of nitrogens with zero attached hydrogens (tertiary/aromatic N) is 3. The summed E-state index contributed by atoms with van der Waals surface area (Å²) in [4.78, 5) is 32.0. The Kier molecular flexibility index (Phi) is 6.76. The molecule has 0 spiro atoms. The molecule has 2 aromatic heterocycles. The van der Waals surface area contributed by atoms with Gasteiger partial charge in [0.2, 0.25) is 5.91 Å². The van der Waals surface area contributed by atoms with Crippen molar-refractivity contribution < 1.29 is 22.8 Å². The van der Waals surface area contributed by atoms with Crippen molar-refractivity contribution in [3.05, 3.63) is 30.1 Å². The van der Waals surface area contributed by atoms with Gasteiger partial charge in [-0.25, -0.2) is 4.98 Å². The average Bonchev–Trinajstić information content (AvgIpc) is 3.28. The number of piperidine rings is 1. The van der Waals surface area contributed by atoms with Crippen LogP contribution in [0.2, 0.25) is 0 Å². The maximum Gasteiger partial charge on any atom is 0.391 e. The number of likely N-dealkylation sites (tertiary alicyclic amines) is 1. The van der Waals surface area contributed by atoms with E-state index in [-0.39, 0.29) is 48.9 Å². The molecule has 2 saturated carbocycles. The maximum atomic E-state index is 13.2. The highest BCUT2D eigenvalue weighted by Crippen LogP contribution is 2.53. The van der Waals surface area contributed by atoms with Crippen molar-refractivity contribution in [3.8, 4) is 0 Å². The van der Waals surface area contributed by atoms with Gasteiger partial charge in [0.05, 0.1) is 5.92 Å². The van der Waals surface area contributed by atoms with Crippen molar-refractivity contribution in [1.29, 1.82) is 0 Å². The molecule has 2 aromatic rings. The van der Waals surface area contributed by atoms with Crippen LogP contribution in [0.1, 0.15) is 81.6 Å². The molecule has 3 fully saturated rings. The van der Waals surface area contributed by atoms with Crippen LogP contribution >= 0.6 is 0 Å². The van der Waals surface area contributed by atoms with Gasteiger partial charge in [-0.15, -0.1) is 0 Å². The Morgan fingerprint density at radius 3 is 2.67 bits per heavy atom. The number of imidazole rings is 1. The van der Waals surface area contributed by atoms with Gasteiger partial charge in [0, 0.05) is 25.7 Å². The van der Waals surface area contributed by atoms with E-state index in [0.29, 0.717) is 23.8 Å². The normalized spacial score (nSPS) is 27.3. The van der Waals surface area contributed by atoms with Crippen molar-refractivity contribution in [1.82, 2.24) is 14.3 Å². The van der Waals surface area contributed by atoms with Gasteiger partial charge in [-0.3, -0.25) is 14.0 Å². The Morgan fingerprint density at radius 1 is 1.17 bits per heavy atom. The minimum atomic E-state index is -4.22. The SMILES string of the molecule is CCC1CC2CCCC(CC(=O)Nc3cccc4nc(C(=O)N5CCC(C(F)(F)F)CC5)cn34)(C1)C2. The molecule has 0 aromatic carbocycles. The fraction of sp³-hybridized carbons (Fsp3) is 0.667. The average molecular weight is 505 g/mol. The Labute approximate surface area is 209 Å². The summed E-state index contributed by atoms with van der Waals surface area (Å²) in [5.41, 5.74) is 0.771. The van der Waals surface area contributed by atoms with Gasteiger partial charge in [-0.05, 0) is 67.9 Å². The zero-order chi connectivity index (χ0) is 25.5. The summed E-state index contributed by atoms with van der Waals surface area (Å²) < 4.78 is 40.6. The summed E-state index contributed by atoms with van der Waals surface area (Å²) in [5, 5.41) is 3.05. The van der Waals surface area contributed by atoms with E-state index in [0.717, 1.165) is 25.2 Å². The molecule has 1 saturated heterocycles. The fourth-order valence-electron chi connectivity index (χ4n) is 6.99. The predicted molar refractivity (Wildman–Crippen MR) is 131 cm³/mol. The highest BCUT2D eigenvalue weighted by atomic mass is 19.4. The standard InChI is InChI=1S/C27H35F3N4O2/c1-2-18-13-19-5-4-10-26(14-18,15-19)16-24(35)32-23-7-3-6-22-31-21(17-34(22)23)25(36)33-11-8-20(9-12-33)27(28,29)30/h3,6-7,17-20H,2,4-5,8-16H2,1H3,(H,32,35). The van der Waals surface area contributed by atoms with E-state index in [1.54, 1.807) is 28.8 Å². The van der Waals surface area contributed by atoms with E-state index >= 15 is 0 Å². The smallest absolute Gasteiger partial charge is 0.337 e. The number of hydrogen-bond acceptors (Lipinski definition) is 3. The second-order valence-electron chi connectivity index (χ2n) is 11.3. The minimum Gasteiger partial charge on any atom is -0.337 e. The van der Waals surface area contributed by atoms with Crippen LogP contribution in [0.15, 0.2) is 24.4 Å². The molecule has 0 radical (unpaired) electrons. The molecule has 1 N–H and O–H groups in total. The van der Waals surface area contributed by atoms with E-state index in [4.69, 9.17) is 0 Å². The Morgan fingerprint density at radius 2 is 1.94 bits per heavy atom. The molecule has 3 aliphatic rings. The van der Waals surface area contributed by atoms with Crippen LogP contribution in [0.4, 0.5) is 19.0 Å². The highest BCUT2D eigenvalue weighted by molar-refractivity contribution is 5.94. The number of nitrogens with one attached hydrogen (secondary N) is 1. The highest BCUT2D eigenvalue weighted by Gasteiger charge is 2.44. The second kappa shape index (κ2) is 9.71. The quantitative estimate of drug-likeness (QED) is 0.537. The van der Waals surface area contributed by atoms with Crippen LogP contribution in [0, 0.1) is 23.2 Å². The molecule has 2 aliphatic carbocycles. The van der Waals surface area contributed by atoms with Crippen molar-refractivity contribution >= 4 is 23.3 Å². The number of amides is 2. The summed E-state index contributed by atoms with van der Waals surface area (Å²) in [7, 11) is 0. The van der Waals surface area contributed by atoms with Crippen molar-refractivity contribution in [2.75, 3.05) is 18.4 Å². The van der Waals surface area contributed by atoms with Crippen molar-refractivity contribution in [3.63, 3.8) is 0 Å². The van der Waals surface area contributed by atoms with Crippen molar-refractivity contribution in [2.45, 2.75) is 77.3 Å². The summed E-state index contributed by atoms with van der Waals surface area (Å²) >= 11 is 0. The van der Waals surface area contributed by atoms with Gasteiger partial charge >= 0.3 is 6.18 Å². The largest absolute Gasteiger partial charge is 0.391 e. The predicted octanol–water partition coefficient (Wildman–Crippen LogP) is 6.07. The van der Waals surface area contributed by atoms with E-state index in [1.165, 1.54) is 30.6 Å². The molecule has 6 nitrogen and oxygen atoms in total. The number of hydrogen-bond donors (Lipinski definition) is 1. The fourth-order valence-corrected chi connectivity index (χ4v) is 6.99.